The Balaban J connectivity index is 2.80. The van der Waals surface area contributed by atoms with Gasteiger partial charge in [0.15, 0.2) is 0 Å². The molecule has 5 nitrogen and oxygen atoms in total. The molecular formula is C10H15N3O2. The Morgan fingerprint density at radius 2 is 2.33 bits per heavy atom. The minimum atomic E-state index is -0.981. The molecule has 5 heteroatoms. The van der Waals surface area contributed by atoms with Crippen molar-refractivity contribution in [2.24, 2.45) is 0 Å². The maximum Gasteiger partial charge on any atom is 0.329 e. The van der Waals surface area contributed by atoms with Crippen LogP contribution in [0.1, 0.15) is 26.7 Å². The molecule has 0 aliphatic carbocycles. The first-order valence-corrected chi connectivity index (χ1v) is 4.86. The summed E-state index contributed by atoms with van der Waals surface area (Å²) in [5.74, 6) is -0.397. The predicted octanol–water partition coefficient (Wildman–Crippen LogP) is 1.53. The molecule has 1 heterocycles. The fraction of sp³-hybridized carbons (Fsp3) is 0.500. The van der Waals surface area contributed by atoms with Crippen LogP contribution in [0.5, 0.6) is 0 Å². The number of anilines is 1. The maximum atomic E-state index is 11.1. The smallest absolute Gasteiger partial charge is 0.329 e. The molecule has 2 N–H and O–H groups in total. The minimum absolute atomic E-state index is 0.482. The SMILES string of the molecule is CCCC(C)(Nc1cnccn1)C(=O)O. The summed E-state index contributed by atoms with van der Waals surface area (Å²) in [5.41, 5.74) is -0.981. The van der Waals surface area contributed by atoms with Gasteiger partial charge in [0.25, 0.3) is 0 Å². The van der Waals surface area contributed by atoms with Crippen molar-refractivity contribution < 1.29 is 9.90 Å². The number of carbonyl (C=O) groups is 1. The molecule has 1 unspecified atom stereocenters. The molecule has 0 radical (unpaired) electrons. The van der Waals surface area contributed by atoms with Gasteiger partial charge in [-0.15, -0.1) is 0 Å². The lowest BCUT2D eigenvalue weighted by atomic mass is 9.96. The van der Waals surface area contributed by atoms with E-state index in [-0.39, 0.29) is 0 Å². The highest BCUT2D eigenvalue weighted by Crippen LogP contribution is 2.18. The molecule has 0 aliphatic heterocycles. The highest BCUT2D eigenvalue weighted by atomic mass is 16.4. The Hall–Kier alpha value is -1.65. The van der Waals surface area contributed by atoms with Crippen molar-refractivity contribution >= 4 is 11.8 Å². The zero-order valence-corrected chi connectivity index (χ0v) is 8.90. The average Bonchev–Trinajstić information content (AvgIpc) is 2.19. The van der Waals surface area contributed by atoms with Crippen molar-refractivity contribution in [1.29, 1.82) is 0 Å². The zero-order chi connectivity index (χ0) is 11.3. The minimum Gasteiger partial charge on any atom is -0.480 e. The second kappa shape index (κ2) is 4.72. The van der Waals surface area contributed by atoms with Crippen molar-refractivity contribution in [3.05, 3.63) is 18.6 Å². The normalized spacial score (nSPS) is 14.3. The van der Waals surface area contributed by atoms with Gasteiger partial charge in [0, 0.05) is 12.4 Å². The number of hydrogen-bond acceptors (Lipinski definition) is 4. The second-order valence-electron chi connectivity index (χ2n) is 3.60. The lowest BCUT2D eigenvalue weighted by Crippen LogP contribution is -2.43. The lowest BCUT2D eigenvalue weighted by molar-refractivity contribution is -0.142. The summed E-state index contributed by atoms with van der Waals surface area (Å²) in [6, 6.07) is 0. The Kier molecular flexibility index (Phi) is 3.60. The number of carboxylic acid groups (broad SMARTS) is 1. The number of nitrogens with zero attached hydrogens (tertiary/aromatic N) is 2. The van der Waals surface area contributed by atoms with Crippen LogP contribution in [-0.2, 0) is 4.79 Å². The van der Waals surface area contributed by atoms with E-state index in [9.17, 15) is 4.79 Å². The van der Waals surface area contributed by atoms with Crippen LogP contribution in [0, 0.1) is 0 Å². The summed E-state index contributed by atoms with van der Waals surface area (Å²) in [7, 11) is 0. The van der Waals surface area contributed by atoms with E-state index in [4.69, 9.17) is 5.11 Å². The van der Waals surface area contributed by atoms with Gasteiger partial charge in [0.1, 0.15) is 11.4 Å². The van der Waals surface area contributed by atoms with Crippen LogP contribution in [0.3, 0.4) is 0 Å². The monoisotopic (exact) mass is 209 g/mol. The molecule has 1 aromatic rings. The number of aliphatic carboxylic acids is 1. The Labute approximate surface area is 88.6 Å². The van der Waals surface area contributed by atoms with Crippen LogP contribution in [0.25, 0.3) is 0 Å². The van der Waals surface area contributed by atoms with E-state index < -0.39 is 11.5 Å². The number of carboxylic acids is 1. The standard InChI is InChI=1S/C10H15N3O2/c1-3-4-10(2,9(14)15)13-8-7-11-5-6-12-8/h5-7H,3-4H2,1-2H3,(H,12,13)(H,14,15). The molecule has 0 fully saturated rings. The molecule has 82 valence electrons. The van der Waals surface area contributed by atoms with Crippen molar-refractivity contribution in [2.75, 3.05) is 5.32 Å². The van der Waals surface area contributed by atoms with Gasteiger partial charge in [0.05, 0.1) is 6.20 Å². The van der Waals surface area contributed by atoms with E-state index >= 15 is 0 Å². The molecular weight excluding hydrogens is 194 g/mol. The highest BCUT2D eigenvalue weighted by Gasteiger charge is 2.32. The summed E-state index contributed by atoms with van der Waals surface area (Å²) in [6.45, 7) is 3.59. The van der Waals surface area contributed by atoms with Crippen LogP contribution in [0.2, 0.25) is 0 Å². The largest absolute Gasteiger partial charge is 0.480 e. The first-order chi connectivity index (χ1) is 7.08. The Bertz CT molecular complexity index is 329. The van der Waals surface area contributed by atoms with Crippen LogP contribution >= 0.6 is 0 Å². The Morgan fingerprint density at radius 3 is 2.80 bits per heavy atom. The summed E-state index contributed by atoms with van der Waals surface area (Å²) < 4.78 is 0. The molecule has 1 rings (SSSR count). The van der Waals surface area contributed by atoms with Crippen LogP contribution < -0.4 is 5.32 Å². The number of hydrogen-bond donors (Lipinski definition) is 2. The van der Waals surface area contributed by atoms with Gasteiger partial charge in [-0.1, -0.05) is 13.3 Å². The van der Waals surface area contributed by atoms with E-state index in [1.165, 1.54) is 12.4 Å². The van der Waals surface area contributed by atoms with Crippen LogP contribution in [0.4, 0.5) is 5.82 Å². The molecule has 1 atom stereocenters. The molecule has 1 aromatic heterocycles. The van der Waals surface area contributed by atoms with Gasteiger partial charge in [0.2, 0.25) is 0 Å². The van der Waals surface area contributed by atoms with Gasteiger partial charge in [-0.2, -0.15) is 0 Å². The molecule has 0 saturated carbocycles. The van der Waals surface area contributed by atoms with Gasteiger partial charge in [-0.25, -0.2) is 9.78 Å². The maximum absolute atomic E-state index is 11.1. The molecule has 0 saturated heterocycles. The molecule has 0 aromatic carbocycles. The van der Waals surface area contributed by atoms with Gasteiger partial charge in [-0.05, 0) is 13.3 Å². The molecule has 0 amide bonds. The average molecular weight is 209 g/mol. The topological polar surface area (TPSA) is 75.1 Å². The van der Waals surface area contributed by atoms with E-state index in [0.29, 0.717) is 12.2 Å². The lowest BCUT2D eigenvalue weighted by Gasteiger charge is -2.25. The summed E-state index contributed by atoms with van der Waals surface area (Å²) >= 11 is 0. The van der Waals surface area contributed by atoms with E-state index in [0.717, 1.165) is 6.42 Å². The van der Waals surface area contributed by atoms with Crippen molar-refractivity contribution in [1.82, 2.24) is 9.97 Å². The summed E-state index contributed by atoms with van der Waals surface area (Å²) in [4.78, 5) is 19.0. The predicted molar refractivity (Wildman–Crippen MR) is 56.6 cm³/mol. The Morgan fingerprint density at radius 1 is 1.60 bits per heavy atom. The second-order valence-corrected chi connectivity index (χ2v) is 3.60. The molecule has 0 spiro atoms. The highest BCUT2D eigenvalue weighted by molar-refractivity contribution is 5.81. The fourth-order valence-corrected chi connectivity index (χ4v) is 1.37. The fourth-order valence-electron chi connectivity index (χ4n) is 1.37. The van der Waals surface area contributed by atoms with Crippen molar-refractivity contribution in [3.63, 3.8) is 0 Å². The van der Waals surface area contributed by atoms with Crippen molar-refractivity contribution in [2.45, 2.75) is 32.2 Å². The van der Waals surface area contributed by atoms with Crippen LogP contribution in [0.15, 0.2) is 18.6 Å². The van der Waals surface area contributed by atoms with Gasteiger partial charge < -0.3 is 10.4 Å². The van der Waals surface area contributed by atoms with E-state index in [1.807, 2.05) is 6.92 Å². The first-order valence-electron chi connectivity index (χ1n) is 4.86. The third-order valence-corrected chi connectivity index (χ3v) is 2.19. The molecule has 15 heavy (non-hydrogen) atoms. The van der Waals surface area contributed by atoms with Gasteiger partial charge in [-0.3, -0.25) is 4.98 Å². The molecule has 0 bridgehead atoms. The first kappa shape index (κ1) is 11.4. The summed E-state index contributed by atoms with van der Waals surface area (Å²) in [6.07, 6.45) is 5.91. The van der Waals surface area contributed by atoms with E-state index in [1.54, 1.807) is 13.1 Å². The third kappa shape index (κ3) is 2.90. The number of rotatable bonds is 5. The number of aromatic nitrogens is 2. The molecule has 0 aliphatic rings. The van der Waals surface area contributed by atoms with Crippen molar-refractivity contribution in [3.8, 4) is 0 Å². The third-order valence-electron chi connectivity index (χ3n) is 2.19. The summed E-state index contributed by atoms with van der Waals surface area (Å²) in [5, 5.41) is 12.0. The number of nitrogens with one attached hydrogen (secondary N) is 1. The van der Waals surface area contributed by atoms with E-state index in [2.05, 4.69) is 15.3 Å². The van der Waals surface area contributed by atoms with Crippen LogP contribution in [-0.4, -0.2) is 26.6 Å². The quantitative estimate of drug-likeness (QED) is 0.769. The zero-order valence-electron chi connectivity index (χ0n) is 8.90. The van der Waals surface area contributed by atoms with Gasteiger partial charge >= 0.3 is 5.97 Å².